The van der Waals surface area contributed by atoms with Gasteiger partial charge < -0.3 is 40.3 Å². The Hall–Kier alpha value is -3.25. The topological polar surface area (TPSA) is 153 Å². The highest BCUT2D eigenvalue weighted by Crippen LogP contribution is 2.46. The molecule has 0 radical (unpaired) electrons. The number of ketones is 1. The number of Topliss-reactive ketones (excluding diaryl/α,β-unsaturated/α-hetero) is 1. The third kappa shape index (κ3) is 4.94. The highest BCUT2D eigenvalue weighted by atomic mass is 16.7. The number of carbonyl (C=O) groups is 2. The van der Waals surface area contributed by atoms with Gasteiger partial charge in [0.15, 0.2) is 11.5 Å². The summed E-state index contributed by atoms with van der Waals surface area (Å²) in [5.41, 5.74) is 1.94. The summed E-state index contributed by atoms with van der Waals surface area (Å²) in [6.07, 6.45) is 1.93. The monoisotopic (exact) mass is 484 g/mol. The van der Waals surface area contributed by atoms with Gasteiger partial charge in [-0.2, -0.15) is 0 Å². The van der Waals surface area contributed by atoms with Crippen LogP contribution in [0.4, 0.5) is 22.9 Å². The van der Waals surface area contributed by atoms with Gasteiger partial charge in [-0.25, -0.2) is 4.98 Å². The Balaban J connectivity index is 1.44. The van der Waals surface area contributed by atoms with Gasteiger partial charge in [-0.1, -0.05) is 6.07 Å². The average Bonchev–Trinajstić information content (AvgIpc) is 3.56. The van der Waals surface area contributed by atoms with Crippen LogP contribution >= 0.6 is 0 Å². The van der Waals surface area contributed by atoms with Gasteiger partial charge in [0.2, 0.25) is 5.91 Å². The molecule has 1 aromatic heterocycles. The van der Waals surface area contributed by atoms with E-state index in [4.69, 9.17) is 9.47 Å². The van der Waals surface area contributed by atoms with Crippen molar-refractivity contribution in [2.45, 2.75) is 25.2 Å². The molecule has 1 aliphatic carbocycles. The van der Waals surface area contributed by atoms with E-state index in [1.54, 1.807) is 13.2 Å². The standard InChI is InChI=1S/C24H28N4O7/c1-34-21-16(3-2-4-18(21)28-10-23(11-28)12-35-13-23)26-17-7-20(27-22(30)14-5-6-14)25-9-15(17)19(29)8-24(31,32)33/h2-4,7,9,14,31-33H,5-6,8,10-13H2,1H3,(H2,25,26,27,30). The number of carbonyl (C=O) groups excluding carboxylic acids is 2. The molecule has 5 N–H and O–H groups in total. The second kappa shape index (κ2) is 8.76. The lowest BCUT2D eigenvalue weighted by Crippen LogP contribution is -2.66. The molecule has 11 nitrogen and oxygen atoms in total. The minimum absolute atomic E-state index is 0.0120. The van der Waals surface area contributed by atoms with Crippen molar-refractivity contribution in [1.82, 2.24) is 4.98 Å². The molecule has 186 valence electrons. The number of benzene rings is 1. The van der Waals surface area contributed by atoms with Crippen LogP contribution in [0.5, 0.6) is 5.75 Å². The second-order valence-corrected chi connectivity index (χ2v) is 9.58. The first-order chi connectivity index (χ1) is 16.7. The molecule has 5 rings (SSSR count). The number of aromatic nitrogens is 1. The number of ether oxygens (including phenoxy) is 2. The van der Waals surface area contributed by atoms with Crippen molar-refractivity contribution < 1.29 is 34.4 Å². The minimum Gasteiger partial charge on any atom is -0.492 e. The van der Waals surface area contributed by atoms with Crippen LogP contribution in [0.15, 0.2) is 30.5 Å². The maximum atomic E-state index is 12.7. The largest absolute Gasteiger partial charge is 0.492 e. The van der Waals surface area contributed by atoms with E-state index in [0.29, 0.717) is 11.4 Å². The predicted octanol–water partition coefficient (Wildman–Crippen LogP) is 1.22. The molecular weight excluding hydrogens is 456 g/mol. The Morgan fingerprint density at radius 2 is 1.97 bits per heavy atom. The molecule has 2 aromatic rings. The quantitative estimate of drug-likeness (QED) is 0.259. The van der Waals surface area contributed by atoms with Crippen LogP contribution in [-0.2, 0) is 9.53 Å². The molecule has 2 saturated heterocycles. The van der Waals surface area contributed by atoms with Crippen molar-refractivity contribution in [2.24, 2.45) is 11.3 Å². The maximum Gasteiger partial charge on any atom is 0.282 e. The summed E-state index contributed by atoms with van der Waals surface area (Å²) >= 11 is 0. The molecule has 11 heteroatoms. The van der Waals surface area contributed by atoms with Gasteiger partial charge in [0, 0.05) is 31.3 Å². The molecule has 0 unspecified atom stereocenters. The van der Waals surface area contributed by atoms with Gasteiger partial charge in [0.05, 0.1) is 54.8 Å². The number of hydrogen-bond acceptors (Lipinski definition) is 10. The lowest BCUT2D eigenvalue weighted by molar-refractivity contribution is -0.306. The van der Waals surface area contributed by atoms with Crippen LogP contribution in [0, 0.1) is 11.3 Å². The smallest absolute Gasteiger partial charge is 0.282 e. The molecule has 1 aromatic carbocycles. The molecular formula is C24H28N4O7. The van der Waals surface area contributed by atoms with Crippen LogP contribution in [0.25, 0.3) is 0 Å². The summed E-state index contributed by atoms with van der Waals surface area (Å²) in [6, 6.07) is 7.10. The first kappa shape index (κ1) is 23.5. The third-order valence-electron chi connectivity index (χ3n) is 6.48. The van der Waals surface area contributed by atoms with E-state index in [-0.39, 0.29) is 34.3 Å². The van der Waals surface area contributed by atoms with E-state index in [9.17, 15) is 24.9 Å². The lowest BCUT2D eigenvalue weighted by Gasteiger charge is -2.56. The minimum atomic E-state index is -3.16. The van der Waals surface area contributed by atoms with Crippen molar-refractivity contribution in [3.05, 3.63) is 36.0 Å². The van der Waals surface area contributed by atoms with Gasteiger partial charge in [-0.15, -0.1) is 0 Å². The van der Waals surface area contributed by atoms with Gasteiger partial charge in [-0.05, 0) is 25.0 Å². The Labute approximate surface area is 201 Å². The number of methoxy groups -OCH3 is 1. The summed E-state index contributed by atoms with van der Waals surface area (Å²) in [7, 11) is 1.56. The van der Waals surface area contributed by atoms with Gasteiger partial charge in [0.25, 0.3) is 5.97 Å². The fraction of sp³-hybridized carbons (Fsp3) is 0.458. The SMILES string of the molecule is COc1c(Nc2cc(NC(=O)C3CC3)ncc2C(=O)CC(O)(O)O)cccc1N1CC2(COC2)C1. The zero-order valence-electron chi connectivity index (χ0n) is 19.3. The Kier molecular flexibility index (Phi) is 5.88. The van der Waals surface area contributed by atoms with Gasteiger partial charge in [-0.3, -0.25) is 9.59 Å². The Morgan fingerprint density at radius 3 is 2.57 bits per heavy atom. The van der Waals surface area contributed by atoms with Crippen LogP contribution in [0.2, 0.25) is 0 Å². The summed E-state index contributed by atoms with van der Waals surface area (Å²) < 4.78 is 11.1. The average molecular weight is 485 g/mol. The number of rotatable bonds is 9. The highest BCUT2D eigenvalue weighted by molar-refractivity contribution is 6.03. The van der Waals surface area contributed by atoms with Crippen molar-refractivity contribution in [1.29, 1.82) is 0 Å². The molecule has 3 heterocycles. The number of para-hydroxylation sites is 1. The van der Waals surface area contributed by atoms with E-state index in [1.165, 1.54) is 12.3 Å². The van der Waals surface area contributed by atoms with E-state index in [1.807, 2.05) is 12.1 Å². The van der Waals surface area contributed by atoms with Crippen LogP contribution in [0.1, 0.15) is 29.6 Å². The van der Waals surface area contributed by atoms with Gasteiger partial charge >= 0.3 is 0 Å². The van der Waals surface area contributed by atoms with E-state index < -0.39 is 18.2 Å². The van der Waals surface area contributed by atoms with Crippen LogP contribution < -0.4 is 20.3 Å². The fourth-order valence-corrected chi connectivity index (χ4v) is 4.47. The number of hydrogen-bond donors (Lipinski definition) is 5. The fourth-order valence-electron chi connectivity index (χ4n) is 4.47. The molecule has 1 amide bonds. The van der Waals surface area contributed by atoms with E-state index in [0.717, 1.165) is 44.8 Å². The number of nitrogens with zero attached hydrogens (tertiary/aromatic N) is 2. The van der Waals surface area contributed by atoms with Crippen molar-refractivity contribution in [3.63, 3.8) is 0 Å². The Morgan fingerprint density at radius 1 is 1.23 bits per heavy atom. The first-order valence-corrected chi connectivity index (χ1v) is 11.4. The predicted molar refractivity (Wildman–Crippen MR) is 126 cm³/mol. The van der Waals surface area contributed by atoms with Crippen molar-refractivity contribution in [2.75, 3.05) is 48.9 Å². The zero-order valence-corrected chi connectivity index (χ0v) is 19.3. The van der Waals surface area contributed by atoms with E-state index in [2.05, 4.69) is 20.5 Å². The normalized spacial score (nSPS) is 18.5. The maximum absolute atomic E-state index is 12.7. The zero-order chi connectivity index (χ0) is 24.8. The lowest BCUT2D eigenvalue weighted by atomic mass is 9.77. The molecule has 35 heavy (non-hydrogen) atoms. The molecule has 1 saturated carbocycles. The summed E-state index contributed by atoms with van der Waals surface area (Å²) in [4.78, 5) is 31.3. The first-order valence-electron chi connectivity index (χ1n) is 11.4. The molecule has 0 atom stereocenters. The Bertz CT molecular complexity index is 1150. The molecule has 1 spiro atoms. The third-order valence-corrected chi connectivity index (χ3v) is 6.48. The number of anilines is 4. The summed E-state index contributed by atoms with van der Waals surface area (Å²) in [6.45, 7) is 3.22. The molecule has 3 fully saturated rings. The second-order valence-electron chi connectivity index (χ2n) is 9.58. The van der Waals surface area contributed by atoms with Crippen LogP contribution in [-0.4, -0.2) is 71.4 Å². The van der Waals surface area contributed by atoms with Crippen LogP contribution in [0.3, 0.4) is 0 Å². The van der Waals surface area contributed by atoms with E-state index >= 15 is 0 Å². The highest BCUT2D eigenvalue weighted by Gasteiger charge is 2.49. The number of pyridine rings is 1. The van der Waals surface area contributed by atoms with Crippen molar-refractivity contribution in [3.8, 4) is 5.75 Å². The number of aliphatic hydroxyl groups is 3. The molecule has 2 aliphatic heterocycles. The molecule has 0 bridgehead atoms. The number of amides is 1. The van der Waals surface area contributed by atoms with Crippen molar-refractivity contribution >= 4 is 34.6 Å². The molecule has 3 aliphatic rings. The van der Waals surface area contributed by atoms with Gasteiger partial charge in [0.1, 0.15) is 5.82 Å². The summed E-state index contributed by atoms with van der Waals surface area (Å²) in [5.74, 6) is -3.28. The number of nitrogens with one attached hydrogen (secondary N) is 2. The summed E-state index contributed by atoms with van der Waals surface area (Å²) in [5, 5.41) is 33.8.